The second-order valence-electron chi connectivity index (χ2n) is 5.55. The van der Waals surface area contributed by atoms with E-state index in [0.717, 1.165) is 11.1 Å². The fraction of sp³-hybridized carbons (Fsp3) is 0.118. The lowest BCUT2D eigenvalue weighted by Gasteiger charge is -2.26. The smallest absolute Gasteiger partial charge is 0.220 e. The molecule has 4 rings (SSSR count). The number of rotatable bonds is 3. The molecule has 0 amide bonds. The number of nitrogens with one attached hydrogen (secondary N) is 2. The third-order valence-electron chi connectivity index (χ3n) is 3.89. The molecule has 3 N–H and O–H groups in total. The van der Waals surface area contributed by atoms with Gasteiger partial charge in [-0.1, -0.05) is 41.9 Å². The summed E-state index contributed by atoms with van der Waals surface area (Å²) in [6, 6.07) is 14.2. The molecular formula is C17H15Cl2N5O2. The summed E-state index contributed by atoms with van der Waals surface area (Å²) in [4.78, 5) is 4.66. The molecule has 0 saturated heterocycles. The molecule has 134 valence electrons. The third-order valence-corrected chi connectivity index (χ3v) is 4.26. The van der Waals surface area contributed by atoms with Crippen molar-refractivity contribution in [2.45, 2.75) is 12.6 Å². The van der Waals surface area contributed by atoms with Gasteiger partial charge in [-0.15, -0.1) is 12.4 Å². The first-order valence-electron chi connectivity index (χ1n) is 7.63. The highest BCUT2D eigenvalue weighted by atomic mass is 35.5. The summed E-state index contributed by atoms with van der Waals surface area (Å²) in [5.41, 5.74) is 1.84. The average Bonchev–Trinajstić information content (AvgIpc) is 3.08. The summed E-state index contributed by atoms with van der Waals surface area (Å²) in [5.74, 6) is 1.85. The number of hydrogen-bond acceptors (Lipinski definition) is 6. The Morgan fingerprint density at radius 3 is 2.58 bits per heavy atom. The summed E-state index contributed by atoms with van der Waals surface area (Å²) >= 11 is 6.21. The number of benzene rings is 2. The van der Waals surface area contributed by atoms with Gasteiger partial charge in [0.2, 0.25) is 11.6 Å². The molecule has 0 fully saturated rings. The van der Waals surface area contributed by atoms with E-state index in [1.54, 1.807) is 12.1 Å². The van der Waals surface area contributed by atoms with Gasteiger partial charge in [0.05, 0.1) is 6.54 Å². The van der Waals surface area contributed by atoms with Crippen LogP contribution in [0, 0.1) is 0 Å². The third kappa shape index (κ3) is 3.58. The molecule has 26 heavy (non-hydrogen) atoms. The molecule has 0 saturated carbocycles. The van der Waals surface area contributed by atoms with Gasteiger partial charge in [0.15, 0.2) is 0 Å². The molecule has 0 radical (unpaired) electrons. The topological polar surface area (TPSA) is 95.6 Å². The number of amidine groups is 1. The second kappa shape index (κ2) is 7.63. The minimum Gasteiger partial charge on any atom is -0.508 e. The summed E-state index contributed by atoms with van der Waals surface area (Å²) in [5, 5.41) is 24.2. The van der Waals surface area contributed by atoms with Gasteiger partial charge in [0.25, 0.3) is 0 Å². The van der Waals surface area contributed by atoms with Gasteiger partial charge in [0.1, 0.15) is 17.6 Å². The highest BCUT2D eigenvalue weighted by Gasteiger charge is 2.28. The van der Waals surface area contributed by atoms with Crippen molar-refractivity contribution in [1.29, 1.82) is 0 Å². The molecule has 2 aromatic carbocycles. The first-order chi connectivity index (χ1) is 12.2. The van der Waals surface area contributed by atoms with Crippen molar-refractivity contribution in [2.24, 2.45) is 4.99 Å². The van der Waals surface area contributed by atoms with E-state index in [0.29, 0.717) is 29.0 Å². The van der Waals surface area contributed by atoms with Crippen LogP contribution in [-0.2, 0) is 6.54 Å². The van der Waals surface area contributed by atoms with Crippen LogP contribution in [0.4, 0.5) is 11.6 Å². The fourth-order valence-electron chi connectivity index (χ4n) is 2.60. The van der Waals surface area contributed by atoms with Crippen LogP contribution >= 0.6 is 24.0 Å². The van der Waals surface area contributed by atoms with Gasteiger partial charge in [-0.3, -0.25) is 4.99 Å². The molecule has 1 aliphatic heterocycles. The number of nitrogens with zero attached hydrogens (tertiary/aromatic N) is 3. The molecule has 1 aliphatic rings. The number of fused-ring (bicyclic) bond motifs is 1. The number of halogens is 2. The van der Waals surface area contributed by atoms with E-state index in [2.05, 4.69) is 25.9 Å². The van der Waals surface area contributed by atoms with E-state index >= 15 is 0 Å². The zero-order valence-electron chi connectivity index (χ0n) is 13.4. The van der Waals surface area contributed by atoms with Crippen molar-refractivity contribution in [2.75, 3.05) is 10.6 Å². The number of aliphatic imine (C=N–C) groups is 1. The SMILES string of the molecule is Cl.Oc1ccc(C2Nc3nonc3NC2=NCc2ccccc2Cl)cc1. The van der Waals surface area contributed by atoms with Gasteiger partial charge >= 0.3 is 0 Å². The van der Waals surface area contributed by atoms with Crippen LogP contribution in [0.5, 0.6) is 5.75 Å². The summed E-state index contributed by atoms with van der Waals surface area (Å²) in [7, 11) is 0. The van der Waals surface area contributed by atoms with Crippen molar-refractivity contribution >= 4 is 41.5 Å². The predicted molar refractivity (Wildman–Crippen MR) is 102 cm³/mol. The van der Waals surface area contributed by atoms with Crippen molar-refractivity contribution in [1.82, 2.24) is 10.3 Å². The summed E-state index contributed by atoms with van der Waals surface area (Å²) < 4.78 is 4.76. The maximum atomic E-state index is 9.51. The van der Waals surface area contributed by atoms with E-state index in [-0.39, 0.29) is 24.2 Å². The number of aromatic hydroxyl groups is 1. The van der Waals surface area contributed by atoms with Crippen LogP contribution in [0.15, 0.2) is 58.2 Å². The van der Waals surface area contributed by atoms with Crippen molar-refractivity contribution in [3.8, 4) is 5.75 Å². The largest absolute Gasteiger partial charge is 0.508 e. The zero-order chi connectivity index (χ0) is 17.2. The van der Waals surface area contributed by atoms with Crippen LogP contribution in [0.2, 0.25) is 5.02 Å². The Balaban J connectivity index is 0.00000196. The molecule has 0 aliphatic carbocycles. The molecule has 2 heterocycles. The molecule has 1 unspecified atom stereocenters. The van der Waals surface area contributed by atoms with E-state index in [1.165, 1.54) is 0 Å². The molecule has 1 atom stereocenters. The first-order valence-corrected chi connectivity index (χ1v) is 8.01. The van der Waals surface area contributed by atoms with Gasteiger partial charge in [0, 0.05) is 5.02 Å². The fourth-order valence-corrected chi connectivity index (χ4v) is 2.80. The Hall–Kier alpha value is -2.77. The van der Waals surface area contributed by atoms with Crippen molar-refractivity contribution < 1.29 is 9.74 Å². The minimum atomic E-state index is -0.275. The summed E-state index contributed by atoms with van der Waals surface area (Å²) in [6.07, 6.45) is 0. The van der Waals surface area contributed by atoms with Crippen molar-refractivity contribution in [3.05, 3.63) is 64.7 Å². The van der Waals surface area contributed by atoms with Crippen LogP contribution in [0.1, 0.15) is 17.2 Å². The number of hydrogen-bond donors (Lipinski definition) is 3. The standard InChI is InChI=1S/C17H14ClN5O2.ClH/c18-13-4-2-1-3-11(13)9-19-15-14(10-5-7-12(24)8-6-10)20-16-17(21-15)23-25-22-16;/h1-8,14,24H,9H2,(H,20,22)(H,19,21,23);1H. The molecule has 1 aromatic heterocycles. The zero-order valence-corrected chi connectivity index (χ0v) is 15.0. The average molecular weight is 392 g/mol. The van der Waals surface area contributed by atoms with E-state index < -0.39 is 0 Å². The molecule has 0 spiro atoms. The number of phenols is 1. The normalized spacial score (nSPS) is 17.0. The Labute approximate surface area is 160 Å². The lowest BCUT2D eigenvalue weighted by atomic mass is 10.0. The monoisotopic (exact) mass is 391 g/mol. The lowest BCUT2D eigenvalue weighted by Crippen LogP contribution is -2.32. The van der Waals surface area contributed by atoms with Gasteiger partial charge in [-0.2, -0.15) is 0 Å². The molecule has 9 heteroatoms. The van der Waals surface area contributed by atoms with Gasteiger partial charge in [-0.25, -0.2) is 4.63 Å². The predicted octanol–water partition coefficient (Wildman–Crippen LogP) is 4.03. The van der Waals surface area contributed by atoms with Gasteiger partial charge in [-0.05, 0) is 39.6 Å². The van der Waals surface area contributed by atoms with Crippen molar-refractivity contribution in [3.63, 3.8) is 0 Å². The number of phenolic OH excluding ortho intramolecular Hbond substituents is 1. The number of anilines is 2. The maximum absolute atomic E-state index is 9.51. The lowest BCUT2D eigenvalue weighted by molar-refractivity contribution is 0.310. The Bertz CT molecular complexity index is 927. The van der Waals surface area contributed by atoms with Gasteiger partial charge < -0.3 is 15.7 Å². The van der Waals surface area contributed by atoms with E-state index in [4.69, 9.17) is 16.2 Å². The molecule has 0 bridgehead atoms. The van der Waals surface area contributed by atoms with E-state index in [1.807, 2.05) is 36.4 Å². The minimum absolute atomic E-state index is 0. The molecule has 7 nitrogen and oxygen atoms in total. The van der Waals surface area contributed by atoms with Crippen LogP contribution in [-0.4, -0.2) is 21.3 Å². The highest BCUT2D eigenvalue weighted by Crippen LogP contribution is 2.31. The van der Waals surface area contributed by atoms with Crippen LogP contribution in [0.25, 0.3) is 0 Å². The molecular weight excluding hydrogens is 377 g/mol. The quantitative estimate of drug-likeness (QED) is 0.623. The highest BCUT2D eigenvalue weighted by molar-refractivity contribution is 6.31. The van der Waals surface area contributed by atoms with E-state index in [9.17, 15) is 5.11 Å². The number of aromatic nitrogens is 2. The first kappa shape index (κ1) is 18.0. The Morgan fingerprint density at radius 1 is 1.08 bits per heavy atom. The van der Waals surface area contributed by atoms with Crippen LogP contribution in [0.3, 0.4) is 0 Å². The Kier molecular flexibility index (Phi) is 5.29. The molecule has 3 aromatic rings. The Morgan fingerprint density at radius 2 is 1.81 bits per heavy atom. The maximum Gasteiger partial charge on any atom is 0.220 e. The summed E-state index contributed by atoms with van der Waals surface area (Å²) in [6.45, 7) is 0.416. The van der Waals surface area contributed by atoms with Crippen LogP contribution < -0.4 is 10.6 Å². The second-order valence-corrected chi connectivity index (χ2v) is 5.96.